The molecular weight excluding hydrogens is 268 g/mol. The number of nitrogens with one attached hydrogen (secondary N) is 2. The molecule has 0 saturated heterocycles. The van der Waals surface area contributed by atoms with E-state index in [0.29, 0.717) is 0 Å². The molecule has 0 atom stereocenters. The molecule has 2 aromatic heterocycles. The number of aromatic nitrogens is 2. The Kier molecular flexibility index (Phi) is 4.20. The van der Waals surface area contributed by atoms with Gasteiger partial charge in [-0.25, -0.2) is 0 Å². The Morgan fingerprint density at radius 2 is 1.90 bits per heavy atom. The number of hydrogen-bond donors (Lipinski definition) is 2. The Bertz CT molecular complexity index is 666. The van der Waals surface area contributed by atoms with Crippen LogP contribution >= 0.6 is 11.5 Å². The van der Waals surface area contributed by atoms with Crippen molar-refractivity contribution in [3.8, 4) is 0 Å². The van der Waals surface area contributed by atoms with E-state index in [1.165, 1.54) is 21.6 Å². The highest BCUT2D eigenvalue weighted by atomic mass is 32.1. The molecule has 0 aliphatic carbocycles. The summed E-state index contributed by atoms with van der Waals surface area (Å²) in [6.07, 6.45) is 1.82. The smallest absolute Gasteiger partial charge is 0.147 e. The van der Waals surface area contributed by atoms with Crippen LogP contribution in [-0.4, -0.2) is 22.4 Å². The number of hydrogen-bond acceptors (Lipinski definition) is 5. The SMILES string of the molecule is c1ccc(CNCCNc2nsc3ccccc23)nc1. The lowest BCUT2D eigenvalue weighted by atomic mass is 10.2. The minimum Gasteiger partial charge on any atom is -0.367 e. The van der Waals surface area contributed by atoms with Crippen molar-refractivity contribution < 1.29 is 0 Å². The normalized spacial score (nSPS) is 10.8. The predicted molar refractivity (Wildman–Crippen MR) is 84.1 cm³/mol. The summed E-state index contributed by atoms with van der Waals surface area (Å²) in [4.78, 5) is 4.27. The van der Waals surface area contributed by atoms with Crippen LogP contribution in [0.15, 0.2) is 48.7 Å². The summed E-state index contributed by atoms with van der Waals surface area (Å²) < 4.78 is 5.66. The van der Waals surface area contributed by atoms with Crippen LogP contribution in [-0.2, 0) is 6.54 Å². The molecule has 3 aromatic rings. The third-order valence-electron chi connectivity index (χ3n) is 3.00. The summed E-state index contributed by atoms with van der Waals surface area (Å²) in [5.74, 6) is 0.977. The first-order chi connectivity index (χ1) is 9.93. The lowest BCUT2D eigenvalue weighted by Crippen LogP contribution is -2.22. The molecule has 20 heavy (non-hydrogen) atoms. The summed E-state index contributed by atoms with van der Waals surface area (Å²) in [6.45, 7) is 2.52. The molecule has 3 rings (SSSR count). The molecular formula is C15H16N4S. The number of fused-ring (bicyclic) bond motifs is 1. The lowest BCUT2D eigenvalue weighted by molar-refractivity contribution is 0.693. The summed E-state index contributed by atoms with van der Waals surface area (Å²) in [6, 6.07) is 14.2. The van der Waals surface area contributed by atoms with Gasteiger partial charge in [0.2, 0.25) is 0 Å². The van der Waals surface area contributed by atoms with Gasteiger partial charge >= 0.3 is 0 Å². The third kappa shape index (κ3) is 3.12. The van der Waals surface area contributed by atoms with Crippen molar-refractivity contribution in [1.29, 1.82) is 0 Å². The molecule has 0 spiro atoms. The fourth-order valence-electron chi connectivity index (χ4n) is 2.00. The molecule has 0 unspecified atom stereocenters. The number of rotatable bonds is 6. The molecule has 102 valence electrons. The second kappa shape index (κ2) is 6.45. The van der Waals surface area contributed by atoms with Crippen molar-refractivity contribution >= 4 is 27.4 Å². The van der Waals surface area contributed by atoms with Gasteiger partial charge in [-0.15, -0.1) is 0 Å². The molecule has 5 heteroatoms. The molecule has 0 saturated carbocycles. The van der Waals surface area contributed by atoms with E-state index in [2.05, 4.69) is 32.1 Å². The first-order valence-electron chi connectivity index (χ1n) is 6.62. The maximum absolute atomic E-state index is 4.44. The van der Waals surface area contributed by atoms with Crippen LogP contribution < -0.4 is 10.6 Å². The Balaban J connectivity index is 1.46. The number of benzene rings is 1. The zero-order chi connectivity index (χ0) is 13.6. The molecule has 0 aliphatic heterocycles. The summed E-state index contributed by atoms with van der Waals surface area (Å²) in [5, 5.41) is 7.93. The van der Waals surface area contributed by atoms with E-state index in [0.717, 1.165) is 31.1 Å². The maximum Gasteiger partial charge on any atom is 0.147 e. The molecule has 0 radical (unpaired) electrons. The van der Waals surface area contributed by atoms with E-state index in [9.17, 15) is 0 Å². The van der Waals surface area contributed by atoms with E-state index >= 15 is 0 Å². The largest absolute Gasteiger partial charge is 0.367 e. The van der Waals surface area contributed by atoms with E-state index in [-0.39, 0.29) is 0 Å². The van der Waals surface area contributed by atoms with E-state index in [1.54, 1.807) is 0 Å². The van der Waals surface area contributed by atoms with Crippen LogP contribution in [0.3, 0.4) is 0 Å². The number of pyridine rings is 1. The minimum atomic E-state index is 0.792. The van der Waals surface area contributed by atoms with Crippen molar-refractivity contribution in [2.24, 2.45) is 0 Å². The van der Waals surface area contributed by atoms with Gasteiger partial charge in [0.1, 0.15) is 5.82 Å². The highest BCUT2D eigenvalue weighted by Gasteiger charge is 2.03. The van der Waals surface area contributed by atoms with Crippen LogP contribution in [0.5, 0.6) is 0 Å². The second-order valence-electron chi connectivity index (χ2n) is 4.45. The molecule has 1 aromatic carbocycles. The van der Waals surface area contributed by atoms with Gasteiger partial charge in [0.25, 0.3) is 0 Å². The topological polar surface area (TPSA) is 49.8 Å². The highest BCUT2D eigenvalue weighted by molar-refractivity contribution is 7.13. The number of nitrogens with zero attached hydrogens (tertiary/aromatic N) is 2. The van der Waals surface area contributed by atoms with Crippen LogP contribution in [0.25, 0.3) is 10.1 Å². The third-order valence-corrected chi connectivity index (χ3v) is 3.83. The monoisotopic (exact) mass is 284 g/mol. The van der Waals surface area contributed by atoms with Crippen molar-refractivity contribution in [3.05, 3.63) is 54.4 Å². The van der Waals surface area contributed by atoms with E-state index in [4.69, 9.17) is 0 Å². The molecule has 0 fully saturated rings. The summed E-state index contributed by atoms with van der Waals surface area (Å²) >= 11 is 1.53. The van der Waals surface area contributed by atoms with Crippen LogP contribution in [0.2, 0.25) is 0 Å². The molecule has 2 N–H and O–H groups in total. The first-order valence-corrected chi connectivity index (χ1v) is 7.40. The molecule has 0 bridgehead atoms. The van der Waals surface area contributed by atoms with Gasteiger partial charge in [-0.1, -0.05) is 18.2 Å². The maximum atomic E-state index is 4.44. The fourth-order valence-corrected chi connectivity index (χ4v) is 2.76. The van der Waals surface area contributed by atoms with Gasteiger partial charge in [0.15, 0.2) is 0 Å². The van der Waals surface area contributed by atoms with E-state index < -0.39 is 0 Å². The standard InChI is InChI=1S/C15H16N4S/c1-2-7-14-13(6-1)15(19-20-14)18-10-9-16-11-12-5-3-4-8-17-12/h1-8,16H,9-11H2,(H,18,19). The van der Waals surface area contributed by atoms with Crippen molar-refractivity contribution in [2.45, 2.75) is 6.54 Å². The van der Waals surface area contributed by atoms with Crippen LogP contribution in [0.4, 0.5) is 5.82 Å². The first kappa shape index (κ1) is 13.0. The van der Waals surface area contributed by atoms with Gasteiger partial charge < -0.3 is 10.6 Å². The van der Waals surface area contributed by atoms with Crippen molar-refractivity contribution in [1.82, 2.24) is 14.7 Å². The minimum absolute atomic E-state index is 0.792. The Morgan fingerprint density at radius 1 is 1.00 bits per heavy atom. The van der Waals surface area contributed by atoms with Gasteiger partial charge in [-0.05, 0) is 35.8 Å². The Hall–Kier alpha value is -1.98. The van der Waals surface area contributed by atoms with Crippen LogP contribution in [0.1, 0.15) is 5.69 Å². The zero-order valence-corrected chi connectivity index (χ0v) is 11.9. The highest BCUT2D eigenvalue weighted by Crippen LogP contribution is 2.25. The average molecular weight is 284 g/mol. The van der Waals surface area contributed by atoms with E-state index in [1.807, 2.05) is 36.5 Å². The average Bonchev–Trinajstić information content (AvgIpc) is 2.91. The summed E-state index contributed by atoms with van der Waals surface area (Å²) in [5.41, 5.74) is 1.06. The summed E-state index contributed by atoms with van der Waals surface area (Å²) in [7, 11) is 0. The second-order valence-corrected chi connectivity index (χ2v) is 5.26. The Labute approximate surface area is 122 Å². The quantitative estimate of drug-likeness (QED) is 0.683. The van der Waals surface area contributed by atoms with Gasteiger partial charge in [-0.3, -0.25) is 4.98 Å². The fraction of sp³-hybridized carbons (Fsp3) is 0.200. The molecule has 2 heterocycles. The molecule has 0 amide bonds. The van der Waals surface area contributed by atoms with Crippen LogP contribution in [0, 0.1) is 0 Å². The van der Waals surface area contributed by atoms with Gasteiger partial charge in [-0.2, -0.15) is 4.37 Å². The predicted octanol–water partition coefficient (Wildman–Crippen LogP) is 2.89. The van der Waals surface area contributed by atoms with Crippen molar-refractivity contribution in [3.63, 3.8) is 0 Å². The Morgan fingerprint density at radius 3 is 2.80 bits per heavy atom. The molecule has 4 nitrogen and oxygen atoms in total. The van der Waals surface area contributed by atoms with Gasteiger partial charge in [0.05, 0.1) is 10.4 Å². The molecule has 0 aliphatic rings. The lowest BCUT2D eigenvalue weighted by Gasteiger charge is -2.05. The number of anilines is 1. The van der Waals surface area contributed by atoms with Crippen molar-refractivity contribution in [2.75, 3.05) is 18.4 Å². The zero-order valence-electron chi connectivity index (χ0n) is 11.0. The van der Waals surface area contributed by atoms with Gasteiger partial charge in [0, 0.05) is 31.2 Å².